The number of pyridine rings is 1. The van der Waals surface area contributed by atoms with Crippen molar-refractivity contribution in [2.24, 2.45) is 0 Å². The fourth-order valence-electron chi connectivity index (χ4n) is 6.67. The molecule has 222 valence electrons. The number of carbonyl (C=O) groups is 2. The van der Waals surface area contributed by atoms with Crippen molar-refractivity contribution in [3.63, 3.8) is 0 Å². The van der Waals surface area contributed by atoms with Crippen LogP contribution in [0.4, 0.5) is 19.4 Å². The van der Waals surface area contributed by atoms with Gasteiger partial charge in [-0.05, 0) is 50.5 Å². The van der Waals surface area contributed by atoms with E-state index in [4.69, 9.17) is 14.5 Å². The Bertz CT molecular complexity index is 1510. The molecule has 6 rings (SSSR count). The molecular weight excluding hydrogens is 544 g/mol. The van der Waals surface area contributed by atoms with Crippen molar-refractivity contribution in [1.82, 2.24) is 19.4 Å². The molecule has 42 heavy (non-hydrogen) atoms. The number of piperidine rings is 1. The van der Waals surface area contributed by atoms with Gasteiger partial charge in [0.2, 0.25) is 5.91 Å². The predicted molar refractivity (Wildman–Crippen MR) is 150 cm³/mol. The van der Waals surface area contributed by atoms with Gasteiger partial charge in [-0.15, -0.1) is 0 Å². The summed E-state index contributed by atoms with van der Waals surface area (Å²) in [5.74, 6) is -0.965. The fourth-order valence-corrected chi connectivity index (χ4v) is 6.67. The van der Waals surface area contributed by atoms with Gasteiger partial charge in [0, 0.05) is 69.6 Å². The van der Waals surface area contributed by atoms with Crippen molar-refractivity contribution in [3.05, 3.63) is 77.0 Å². The van der Waals surface area contributed by atoms with E-state index in [1.165, 1.54) is 6.07 Å². The van der Waals surface area contributed by atoms with E-state index < -0.39 is 28.9 Å². The highest BCUT2D eigenvalue weighted by Gasteiger charge is 2.46. The number of nitrogens with one attached hydrogen (secondary N) is 1. The highest BCUT2D eigenvalue weighted by atomic mass is 19.2. The normalized spacial score (nSPS) is 21.6. The van der Waals surface area contributed by atoms with Gasteiger partial charge in [-0.3, -0.25) is 10.1 Å². The summed E-state index contributed by atoms with van der Waals surface area (Å²) < 4.78 is 42.7. The van der Waals surface area contributed by atoms with Gasteiger partial charge in [0.05, 0.1) is 11.9 Å². The molecular formula is C31H35F2N5O4. The zero-order valence-corrected chi connectivity index (χ0v) is 24.0. The van der Waals surface area contributed by atoms with Crippen molar-refractivity contribution in [2.45, 2.75) is 75.5 Å². The SMILES string of the molecule is COC(C)(C)c1cnc2n1C[C@H](c1cccc(F)c1F)CC[C@H]2CC(=O)N1CCC2(CC1)OC(=O)Nc1ncccc12. The Kier molecular flexibility index (Phi) is 7.24. The van der Waals surface area contributed by atoms with Crippen LogP contribution in [-0.2, 0) is 32.0 Å². The Balaban J connectivity index is 1.23. The Morgan fingerprint density at radius 3 is 2.71 bits per heavy atom. The monoisotopic (exact) mass is 579 g/mol. The van der Waals surface area contributed by atoms with Crippen LogP contribution in [0.1, 0.15) is 80.4 Å². The molecule has 1 fully saturated rings. The number of benzene rings is 1. The Hall–Kier alpha value is -3.86. The molecule has 0 saturated carbocycles. The van der Waals surface area contributed by atoms with Crippen LogP contribution >= 0.6 is 0 Å². The van der Waals surface area contributed by atoms with Gasteiger partial charge in [0.1, 0.15) is 22.8 Å². The lowest BCUT2D eigenvalue weighted by atomic mass is 9.83. The smallest absolute Gasteiger partial charge is 0.413 e. The highest BCUT2D eigenvalue weighted by Crippen LogP contribution is 2.44. The van der Waals surface area contributed by atoms with E-state index in [2.05, 4.69) is 10.3 Å². The zero-order chi connectivity index (χ0) is 29.6. The molecule has 3 aliphatic heterocycles. The number of imidazole rings is 1. The van der Waals surface area contributed by atoms with Crippen LogP contribution in [0.25, 0.3) is 0 Å². The highest BCUT2D eigenvalue weighted by molar-refractivity contribution is 5.87. The minimum absolute atomic E-state index is 0.0148. The maximum atomic E-state index is 14.9. The van der Waals surface area contributed by atoms with E-state index >= 15 is 0 Å². The third kappa shape index (κ3) is 4.93. The lowest BCUT2D eigenvalue weighted by Gasteiger charge is -2.43. The summed E-state index contributed by atoms with van der Waals surface area (Å²) in [7, 11) is 1.62. The van der Waals surface area contributed by atoms with Crippen LogP contribution in [0.3, 0.4) is 0 Å². The van der Waals surface area contributed by atoms with Gasteiger partial charge in [0.25, 0.3) is 0 Å². The van der Waals surface area contributed by atoms with E-state index in [0.717, 1.165) is 23.1 Å². The van der Waals surface area contributed by atoms with Crippen molar-refractivity contribution in [1.29, 1.82) is 0 Å². The average molecular weight is 580 g/mol. The van der Waals surface area contributed by atoms with E-state index in [1.54, 1.807) is 25.6 Å². The summed E-state index contributed by atoms with van der Waals surface area (Å²) in [5.41, 5.74) is 0.487. The van der Waals surface area contributed by atoms with Crippen LogP contribution in [0.5, 0.6) is 0 Å². The molecule has 5 heterocycles. The number of halogens is 2. The standard InChI is InChI=1S/C31H35F2N5O4/c1-30(2,41-3)24-17-35-28-19(9-10-20(18-38(24)28)21-6-4-8-23(32)26(21)33)16-25(39)37-14-11-31(12-15-37)22-7-5-13-34-27(22)36-29(40)42-31/h4-8,13,17,19-20H,9-12,14-16,18H2,1-3H3,(H,34,36,40)/t19-,20+/m0/s1. The number of likely N-dealkylation sites (tertiary alicyclic amines) is 1. The first-order valence-electron chi connectivity index (χ1n) is 14.4. The van der Waals surface area contributed by atoms with Crippen LogP contribution in [0, 0.1) is 11.6 Å². The number of rotatable bonds is 5. The van der Waals surface area contributed by atoms with Gasteiger partial charge in [-0.25, -0.2) is 23.5 Å². The minimum Gasteiger partial charge on any atom is -0.437 e. The van der Waals surface area contributed by atoms with Gasteiger partial charge in [-0.1, -0.05) is 12.1 Å². The first-order valence-corrected chi connectivity index (χ1v) is 14.4. The molecule has 3 aliphatic rings. The molecule has 1 N–H and O–H groups in total. The second-order valence-electron chi connectivity index (χ2n) is 11.9. The Morgan fingerprint density at radius 2 is 1.95 bits per heavy atom. The van der Waals surface area contributed by atoms with Crippen LogP contribution in [0.15, 0.2) is 42.7 Å². The molecule has 3 aromatic rings. The van der Waals surface area contributed by atoms with Gasteiger partial charge >= 0.3 is 6.09 Å². The maximum Gasteiger partial charge on any atom is 0.413 e. The second kappa shape index (κ2) is 10.8. The molecule has 11 heteroatoms. The largest absolute Gasteiger partial charge is 0.437 e. The van der Waals surface area contributed by atoms with Gasteiger partial charge in [0.15, 0.2) is 11.6 Å². The molecule has 9 nitrogen and oxygen atoms in total. The topological polar surface area (TPSA) is 98.6 Å². The summed E-state index contributed by atoms with van der Waals surface area (Å²) in [6.07, 6.45) is 5.19. The minimum atomic E-state index is -0.868. The molecule has 1 aromatic carbocycles. The van der Waals surface area contributed by atoms with E-state index in [-0.39, 0.29) is 24.2 Å². The number of hydrogen-bond donors (Lipinski definition) is 1. The first-order chi connectivity index (χ1) is 20.1. The van der Waals surface area contributed by atoms with Crippen molar-refractivity contribution < 1.29 is 27.8 Å². The summed E-state index contributed by atoms with van der Waals surface area (Å²) in [5, 5.41) is 2.66. The summed E-state index contributed by atoms with van der Waals surface area (Å²) >= 11 is 0. The molecule has 0 bridgehead atoms. The lowest BCUT2D eigenvalue weighted by Crippen LogP contribution is -2.50. The quantitative estimate of drug-likeness (QED) is 0.425. The predicted octanol–water partition coefficient (Wildman–Crippen LogP) is 5.57. The summed E-state index contributed by atoms with van der Waals surface area (Å²) in [6.45, 7) is 5.14. The number of hydrogen-bond acceptors (Lipinski definition) is 6. The summed E-state index contributed by atoms with van der Waals surface area (Å²) in [6, 6.07) is 8.02. The van der Waals surface area contributed by atoms with Crippen molar-refractivity contribution in [3.8, 4) is 0 Å². The number of methoxy groups -OCH3 is 1. The molecule has 0 radical (unpaired) electrons. The van der Waals surface area contributed by atoms with Gasteiger partial charge in [-0.2, -0.15) is 0 Å². The van der Waals surface area contributed by atoms with E-state index in [9.17, 15) is 18.4 Å². The molecule has 1 spiro atoms. The van der Waals surface area contributed by atoms with Crippen molar-refractivity contribution >= 4 is 17.8 Å². The van der Waals surface area contributed by atoms with Crippen LogP contribution in [0.2, 0.25) is 0 Å². The third-order valence-electron chi connectivity index (χ3n) is 9.22. The molecule has 2 amide bonds. The number of aromatic nitrogens is 3. The van der Waals surface area contributed by atoms with E-state index in [0.29, 0.717) is 56.7 Å². The fraction of sp³-hybridized carbons (Fsp3) is 0.484. The number of nitrogens with zero attached hydrogens (tertiary/aromatic N) is 4. The summed E-state index contributed by atoms with van der Waals surface area (Å²) in [4.78, 5) is 36.8. The molecule has 1 saturated heterocycles. The third-order valence-corrected chi connectivity index (χ3v) is 9.22. The van der Waals surface area contributed by atoms with E-state index in [1.807, 2.05) is 35.4 Å². The molecule has 2 atom stereocenters. The Labute approximate surface area is 243 Å². The number of anilines is 1. The number of carbonyl (C=O) groups excluding carboxylic acids is 2. The second-order valence-corrected chi connectivity index (χ2v) is 11.9. The number of fused-ring (bicyclic) bond motifs is 3. The average Bonchev–Trinajstić information content (AvgIpc) is 3.32. The molecule has 2 aromatic heterocycles. The van der Waals surface area contributed by atoms with Gasteiger partial charge < -0.3 is 18.9 Å². The number of amides is 2. The number of ether oxygens (including phenoxy) is 2. The van der Waals surface area contributed by atoms with Crippen LogP contribution < -0.4 is 5.32 Å². The first kappa shape index (κ1) is 28.3. The molecule has 0 unspecified atom stereocenters. The molecule has 0 aliphatic carbocycles. The van der Waals surface area contributed by atoms with Crippen molar-refractivity contribution in [2.75, 3.05) is 25.5 Å². The maximum absolute atomic E-state index is 14.9. The van der Waals surface area contributed by atoms with Crippen LogP contribution in [-0.4, -0.2) is 51.6 Å². The Morgan fingerprint density at radius 1 is 1.17 bits per heavy atom. The lowest BCUT2D eigenvalue weighted by molar-refractivity contribution is -0.136. The zero-order valence-electron chi connectivity index (χ0n) is 24.0.